The van der Waals surface area contributed by atoms with Crippen LogP contribution in [0.4, 0.5) is 13.2 Å². The van der Waals surface area contributed by atoms with Crippen LogP contribution >= 0.6 is 0 Å². The van der Waals surface area contributed by atoms with Gasteiger partial charge >= 0.3 is 7.12 Å². The molecule has 10 heteroatoms. The van der Waals surface area contributed by atoms with Crippen LogP contribution in [0.1, 0.15) is 49.2 Å². The maximum absolute atomic E-state index is 15.0. The van der Waals surface area contributed by atoms with E-state index in [9.17, 15) is 9.18 Å². The summed E-state index contributed by atoms with van der Waals surface area (Å²) in [5.74, 6) is -2.86. The number of amides is 1. The molecule has 0 atom stereocenters. The van der Waals surface area contributed by atoms with Gasteiger partial charge in [0.1, 0.15) is 33.1 Å². The smallest absolute Gasteiger partial charge is 0.399 e. The lowest BCUT2D eigenvalue weighted by molar-refractivity contribution is 0.00578. The van der Waals surface area contributed by atoms with Gasteiger partial charge in [0.05, 0.1) is 23.3 Å². The maximum atomic E-state index is 15.0. The van der Waals surface area contributed by atoms with Crippen LogP contribution < -0.4 is 5.46 Å². The predicted molar refractivity (Wildman–Crippen MR) is 117 cm³/mol. The summed E-state index contributed by atoms with van der Waals surface area (Å²) < 4.78 is 56.1. The Morgan fingerprint density at radius 3 is 2.03 bits per heavy atom. The van der Waals surface area contributed by atoms with Gasteiger partial charge < -0.3 is 14.2 Å². The topological polar surface area (TPSA) is 38.8 Å². The number of hydrogen-bond acceptors (Lipinski definition) is 3. The van der Waals surface area contributed by atoms with Crippen LogP contribution in [0.3, 0.4) is 0 Å². The first kappa shape index (κ1) is 22.0. The van der Waals surface area contributed by atoms with Crippen molar-refractivity contribution in [1.29, 1.82) is 0 Å². The molecule has 2 aliphatic rings. The van der Waals surface area contributed by atoms with E-state index in [1.807, 2.05) is 27.7 Å². The van der Waals surface area contributed by atoms with Gasteiger partial charge in [-0.15, -0.1) is 0 Å². The highest BCUT2D eigenvalue weighted by Gasteiger charge is 2.52. The Kier molecular flexibility index (Phi) is 4.91. The summed E-state index contributed by atoms with van der Waals surface area (Å²) in [6, 6.07) is 6.72. The van der Waals surface area contributed by atoms with E-state index in [0.29, 0.717) is 5.56 Å². The molecule has 2 heterocycles. The molecule has 31 heavy (non-hydrogen) atoms. The molecule has 0 saturated carbocycles. The number of hydrogen-bond donors (Lipinski definition) is 0. The Morgan fingerprint density at radius 1 is 0.968 bits per heavy atom. The molecular weight excluding hydrogens is 404 g/mol. The van der Waals surface area contributed by atoms with Gasteiger partial charge in [-0.2, -0.15) is 0 Å². The van der Waals surface area contributed by atoms with E-state index in [4.69, 9.17) is 9.31 Å². The van der Waals surface area contributed by atoms with Crippen molar-refractivity contribution in [2.45, 2.75) is 50.8 Å². The first-order valence-corrected chi connectivity index (χ1v) is 10.2. The molecule has 0 radical (unpaired) electrons. The molecule has 0 unspecified atom stereocenters. The van der Waals surface area contributed by atoms with Gasteiger partial charge in [0.15, 0.2) is 0 Å². The van der Waals surface area contributed by atoms with E-state index in [1.54, 1.807) is 21.8 Å². The lowest BCUT2D eigenvalue weighted by atomic mass is 9.58. The first-order valence-electron chi connectivity index (χ1n) is 10.2. The van der Waals surface area contributed by atoms with Gasteiger partial charge in [-0.05, 0) is 56.9 Å². The van der Waals surface area contributed by atoms with Gasteiger partial charge in [0.25, 0.3) is 5.91 Å². The largest absolute Gasteiger partial charge is 0.495 e. The van der Waals surface area contributed by atoms with Gasteiger partial charge in [0.2, 0.25) is 0 Å². The molecule has 0 N–H and O–H groups in total. The fraction of sp³-hybridized carbons (Fsp3) is 0.381. The second-order valence-electron chi connectivity index (χ2n) is 9.66. The predicted octanol–water partition coefficient (Wildman–Crippen LogP) is 1.44. The Balaban J connectivity index is 1.66. The third-order valence-corrected chi connectivity index (χ3v) is 6.81. The fourth-order valence-electron chi connectivity index (χ4n) is 4.10. The minimum Gasteiger partial charge on any atom is -0.399 e. The Morgan fingerprint density at radius 2 is 1.52 bits per heavy atom. The van der Waals surface area contributed by atoms with Crippen LogP contribution in [0, 0.1) is 17.5 Å². The van der Waals surface area contributed by atoms with Crippen molar-refractivity contribution in [2.75, 3.05) is 0 Å². The zero-order valence-corrected chi connectivity index (χ0v) is 18.5. The lowest BCUT2D eigenvalue weighted by Gasteiger charge is -2.33. The van der Waals surface area contributed by atoms with Gasteiger partial charge in [-0.25, -0.2) is 13.2 Å². The summed E-state index contributed by atoms with van der Waals surface area (Å²) in [5.41, 5.74) is -0.904. The summed E-state index contributed by atoms with van der Waals surface area (Å²) in [4.78, 5) is 14.2. The number of carbonyl (C=O) groups excluding carboxylic acids is 1. The van der Waals surface area contributed by atoms with E-state index < -0.39 is 47.0 Å². The fourth-order valence-corrected chi connectivity index (χ4v) is 4.10. The van der Waals surface area contributed by atoms with E-state index in [1.165, 1.54) is 29.2 Å². The summed E-state index contributed by atoms with van der Waals surface area (Å²) >= 11 is 0. The third-order valence-electron chi connectivity index (χ3n) is 6.81. The van der Waals surface area contributed by atoms with Crippen molar-refractivity contribution in [2.24, 2.45) is 0 Å². The van der Waals surface area contributed by atoms with E-state index >= 15 is 8.78 Å². The molecule has 2 aromatic carbocycles. The average Bonchev–Trinajstić information content (AvgIpc) is 2.98. The molecule has 0 spiro atoms. The van der Waals surface area contributed by atoms with Gasteiger partial charge in [0, 0.05) is 10.9 Å². The zero-order valence-electron chi connectivity index (χ0n) is 18.5. The maximum Gasteiger partial charge on any atom is 0.495 e. The summed E-state index contributed by atoms with van der Waals surface area (Å²) in [5, 5.41) is -0.919. The third kappa shape index (κ3) is 3.31. The van der Waals surface area contributed by atoms with Gasteiger partial charge in [-0.1, -0.05) is 12.1 Å². The number of carbonyl (C=O) groups is 1. The van der Waals surface area contributed by atoms with E-state index in [2.05, 4.69) is 0 Å². The first-order chi connectivity index (χ1) is 14.3. The van der Waals surface area contributed by atoms with Crippen molar-refractivity contribution < 1.29 is 27.3 Å². The highest BCUT2D eigenvalue weighted by molar-refractivity contribution is 6.62. The normalized spacial score (nSPS) is 20.9. The number of rotatable bonds is 3. The van der Waals surface area contributed by atoms with Crippen LogP contribution in [0.25, 0.3) is 0 Å². The zero-order chi connectivity index (χ0) is 22.9. The van der Waals surface area contributed by atoms with Crippen molar-refractivity contribution in [3.8, 4) is 0 Å². The molecule has 0 aliphatic carbocycles. The Labute approximate surface area is 182 Å². The minimum atomic E-state index is -0.919. The molecular formula is C21H23B3F3NO3. The highest BCUT2D eigenvalue weighted by Crippen LogP contribution is 2.38. The second-order valence-corrected chi connectivity index (χ2v) is 9.66. The monoisotopic (exact) mass is 427 g/mol. The lowest BCUT2D eigenvalue weighted by Crippen LogP contribution is -2.45. The average molecular weight is 427 g/mol. The Hall–Kier alpha value is -2.19. The quantitative estimate of drug-likeness (QED) is 0.697. The summed E-state index contributed by atoms with van der Waals surface area (Å²) in [6.45, 7) is 7.08. The van der Waals surface area contributed by atoms with Crippen LogP contribution in [0.5, 0.6) is 0 Å². The Bertz CT molecular complexity index is 1050. The SMILES string of the molecule is BC1(B)c2cccc(F)c2C(=O)N1Cc1c(F)cc(B2OC(C)(C)C(C)(C)O2)cc1F. The summed E-state index contributed by atoms with van der Waals surface area (Å²) in [6.07, 6.45) is 0. The molecule has 1 fully saturated rings. The van der Waals surface area contributed by atoms with Crippen LogP contribution in [0.2, 0.25) is 0 Å². The van der Waals surface area contributed by atoms with Crippen molar-refractivity contribution >= 4 is 34.2 Å². The molecule has 4 nitrogen and oxygen atoms in total. The molecule has 4 rings (SSSR count). The number of benzene rings is 2. The van der Waals surface area contributed by atoms with Crippen molar-refractivity contribution in [3.05, 3.63) is 64.5 Å². The molecule has 1 amide bonds. The molecule has 1 saturated heterocycles. The van der Waals surface area contributed by atoms with Crippen molar-refractivity contribution in [3.63, 3.8) is 0 Å². The summed E-state index contributed by atoms with van der Waals surface area (Å²) in [7, 11) is 2.54. The second kappa shape index (κ2) is 6.91. The van der Waals surface area contributed by atoms with Gasteiger partial charge in [-0.3, -0.25) is 4.79 Å². The standard InChI is InChI=1S/C21H23B3F3NO3/c1-19(2)20(3,4)31-24(30-19)11-8-15(26)12(16(27)9-11)10-28-18(29)17-13(21(28,22)23)6-5-7-14(17)25/h5-9H,10,22-23H2,1-4H3. The molecule has 0 aromatic heterocycles. The minimum absolute atomic E-state index is 0.0536. The highest BCUT2D eigenvalue weighted by atomic mass is 19.1. The molecule has 2 aromatic rings. The van der Waals surface area contributed by atoms with Crippen LogP contribution in [-0.2, 0) is 21.2 Å². The molecule has 0 bridgehead atoms. The van der Waals surface area contributed by atoms with Crippen molar-refractivity contribution in [1.82, 2.24) is 4.90 Å². The van der Waals surface area contributed by atoms with E-state index in [0.717, 1.165) is 0 Å². The number of nitrogens with zero attached hydrogens (tertiary/aromatic N) is 1. The molecule has 160 valence electrons. The van der Waals surface area contributed by atoms with Crippen LogP contribution in [-0.4, -0.2) is 44.8 Å². The number of fused-ring (bicyclic) bond motifs is 1. The van der Waals surface area contributed by atoms with Crippen LogP contribution in [0.15, 0.2) is 30.3 Å². The molecule has 2 aliphatic heterocycles. The van der Waals surface area contributed by atoms with E-state index in [-0.39, 0.29) is 23.1 Å². The number of halogens is 3.